The molecular formula is C15H13ClF3N. The van der Waals surface area contributed by atoms with Crippen LogP contribution in [0.5, 0.6) is 0 Å². The van der Waals surface area contributed by atoms with E-state index in [1.807, 2.05) is 18.2 Å². The first-order valence-corrected chi connectivity index (χ1v) is 6.08. The third-order valence-electron chi connectivity index (χ3n) is 3.36. The van der Waals surface area contributed by atoms with Crippen LogP contribution in [-0.4, -0.2) is 6.54 Å². The van der Waals surface area contributed by atoms with Gasteiger partial charge in [0.1, 0.15) is 0 Å². The molecule has 5 heteroatoms. The van der Waals surface area contributed by atoms with Crippen LogP contribution in [0.25, 0.3) is 11.1 Å². The lowest BCUT2D eigenvalue weighted by atomic mass is 10.0. The van der Waals surface area contributed by atoms with Crippen LogP contribution >= 0.6 is 12.4 Å². The van der Waals surface area contributed by atoms with Gasteiger partial charge < -0.3 is 5.32 Å². The Kier molecular flexibility index (Phi) is 3.95. The van der Waals surface area contributed by atoms with Crippen molar-refractivity contribution in [1.82, 2.24) is 0 Å². The fourth-order valence-electron chi connectivity index (χ4n) is 2.34. The highest BCUT2D eigenvalue weighted by atomic mass is 35.5. The molecule has 0 aliphatic carbocycles. The van der Waals surface area contributed by atoms with Crippen LogP contribution in [0, 0.1) is 0 Å². The first-order valence-electron chi connectivity index (χ1n) is 6.08. The van der Waals surface area contributed by atoms with Gasteiger partial charge in [0.25, 0.3) is 0 Å². The number of anilines is 1. The van der Waals surface area contributed by atoms with Gasteiger partial charge in [0.05, 0.1) is 5.56 Å². The van der Waals surface area contributed by atoms with E-state index in [-0.39, 0.29) is 12.4 Å². The van der Waals surface area contributed by atoms with E-state index in [4.69, 9.17) is 0 Å². The average Bonchev–Trinajstić information content (AvgIpc) is 2.85. The summed E-state index contributed by atoms with van der Waals surface area (Å²) in [5.74, 6) is 0. The maximum Gasteiger partial charge on any atom is 0.416 e. The van der Waals surface area contributed by atoms with E-state index in [2.05, 4.69) is 5.32 Å². The molecule has 3 rings (SSSR count). The lowest BCUT2D eigenvalue weighted by Crippen LogP contribution is -2.03. The molecule has 1 aliphatic rings. The van der Waals surface area contributed by atoms with Gasteiger partial charge in [-0.2, -0.15) is 13.2 Å². The van der Waals surface area contributed by atoms with Crippen LogP contribution in [0.1, 0.15) is 11.1 Å². The quantitative estimate of drug-likeness (QED) is 0.800. The third kappa shape index (κ3) is 2.75. The van der Waals surface area contributed by atoms with Gasteiger partial charge in [-0.3, -0.25) is 0 Å². The van der Waals surface area contributed by atoms with Crippen molar-refractivity contribution in [2.75, 3.05) is 11.9 Å². The Bertz CT molecular complexity index is 606. The number of benzene rings is 2. The SMILES string of the molecule is Cl.FC(F)(F)c1ccc(-c2ccc3c(c2)CCN3)cc1. The highest BCUT2D eigenvalue weighted by Crippen LogP contribution is 2.32. The zero-order valence-electron chi connectivity index (χ0n) is 10.5. The van der Waals surface area contributed by atoms with Crippen molar-refractivity contribution in [3.8, 4) is 11.1 Å². The Labute approximate surface area is 121 Å². The Morgan fingerprint density at radius 2 is 1.55 bits per heavy atom. The molecule has 0 unspecified atom stereocenters. The number of hydrogen-bond donors (Lipinski definition) is 1. The minimum atomic E-state index is -4.28. The summed E-state index contributed by atoms with van der Waals surface area (Å²) in [7, 11) is 0. The highest BCUT2D eigenvalue weighted by Gasteiger charge is 2.29. The van der Waals surface area contributed by atoms with Crippen LogP contribution in [0.15, 0.2) is 42.5 Å². The molecular weight excluding hydrogens is 287 g/mol. The van der Waals surface area contributed by atoms with Gasteiger partial charge in [0.2, 0.25) is 0 Å². The maximum atomic E-state index is 12.5. The third-order valence-corrected chi connectivity index (χ3v) is 3.36. The molecule has 0 saturated heterocycles. The van der Waals surface area contributed by atoms with Gasteiger partial charge in [-0.15, -0.1) is 12.4 Å². The van der Waals surface area contributed by atoms with Crippen LogP contribution in [0.4, 0.5) is 18.9 Å². The standard InChI is InChI=1S/C15H12F3N.ClH/c16-15(17,18)13-4-1-10(2-5-13)11-3-6-14-12(9-11)7-8-19-14;/h1-6,9,19H,7-8H2;1H. The summed E-state index contributed by atoms with van der Waals surface area (Å²) in [5.41, 5.74) is 3.49. The van der Waals surface area contributed by atoms with Crippen LogP contribution in [0.3, 0.4) is 0 Å². The lowest BCUT2D eigenvalue weighted by Gasteiger charge is -2.09. The van der Waals surface area contributed by atoms with Crippen LogP contribution in [0.2, 0.25) is 0 Å². The molecule has 0 fully saturated rings. The molecule has 1 heterocycles. The van der Waals surface area contributed by atoms with E-state index < -0.39 is 11.7 Å². The van der Waals surface area contributed by atoms with Crippen molar-refractivity contribution in [1.29, 1.82) is 0 Å². The summed E-state index contributed by atoms with van der Waals surface area (Å²) in [5, 5.41) is 3.26. The Morgan fingerprint density at radius 3 is 2.20 bits per heavy atom. The molecule has 0 aromatic heterocycles. The predicted octanol–water partition coefficient (Wildman–Crippen LogP) is 4.76. The summed E-state index contributed by atoms with van der Waals surface area (Å²) in [4.78, 5) is 0. The van der Waals surface area contributed by atoms with Crippen molar-refractivity contribution in [2.45, 2.75) is 12.6 Å². The van der Waals surface area contributed by atoms with Crippen molar-refractivity contribution in [3.05, 3.63) is 53.6 Å². The smallest absolute Gasteiger partial charge is 0.384 e. The molecule has 0 spiro atoms. The zero-order chi connectivity index (χ0) is 13.5. The highest BCUT2D eigenvalue weighted by molar-refractivity contribution is 5.85. The summed E-state index contributed by atoms with van der Waals surface area (Å²) in [6.45, 7) is 0.922. The van der Waals surface area contributed by atoms with E-state index in [9.17, 15) is 13.2 Å². The number of nitrogens with one attached hydrogen (secondary N) is 1. The van der Waals surface area contributed by atoms with Crippen LogP contribution < -0.4 is 5.32 Å². The second kappa shape index (κ2) is 5.37. The van der Waals surface area contributed by atoms with Crippen molar-refractivity contribution in [2.24, 2.45) is 0 Å². The summed E-state index contributed by atoms with van der Waals surface area (Å²) in [6, 6.07) is 11.2. The van der Waals surface area contributed by atoms with E-state index >= 15 is 0 Å². The van der Waals surface area contributed by atoms with Crippen molar-refractivity contribution >= 4 is 18.1 Å². The van der Waals surface area contributed by atoms with Gasteiger partial charge in [0, 0.05) is 12.2 Å². The van der Waals surface area contributed by atoms with E-state index in [1.165, 1.54) is 17.7 Å². The molecule has 1 N–H and O–H groups in total. The molecule has 0 saturated carbocycles. The van der Waals surface area contributed by atoms with E-state index in [1.54, 1.807) is 0 Å². The molecule has 0 bridgehead atoms. The van der Waals surface area contributed by atoms with Crippen molar-refractivity contribution in [3.63, 3.8) is 0 Å². The Hall–Kier alpha value is -1.68. The number of halogens is 4. The molecule has 1 nitrogen and oxygen atoms in total. The topological polar surface area (TPSA) is 12.0 Å². The van der Waals surface area contributed by atoms with Gasteiger partial charge in [-0.05, 0) is 47.4 Å². The molecule has 0 amide bonds. The largest absolute Gasteiger partial charge is 0.416 e. The summed E-state index contributed by atoms with van der Waals surface area (Å²) >= 11 is 0. The minimum absolute atomic E-state index is 0. The summed E-state index contributed by atoms with van der Waals surface area (Å²) < 4.78 is 37.5. The molecule has 0 atom stereocenters. The zero-order valence-corrected chi connectivity index (χ0v) is 11.3. The minimum Gasteiger partial charge on any atom is -0.384 e. The predicted molar refractivity (Wildman–Crippen MR) is 76.3 cm³/mol. The maximum absolute atomic E-state index is 12.5. The first kappa shape index (κ1) is 14.7. The Balaban J connectivity index is 0.00000147. The molecule has 20 heavy (non-hydrogen) atoms. The molecule has 2 aromatic rings. The number of rotatable bonds is 1. The monoisotopic (exact) mass is 299 g/mol. The van der Waals surface area contributed by atoms with Gasteiger partial charge in [0.15, 0.2) is 0 Å². The van der Waals surface area contributed by atoms with Gasteiger partial charge in [-0.1, -0.05) is 18.2 Å². The molecule has 1 aliphatic heterocycles. The Morgan fingerprint density at radius 1 is 0.900 bits per heavy atom. The lowest BCUT2D eigenvalue weighted by molar-refractivity contribution is -0.137. The second-order valence-electron chi connectivity index (χ2n) is 4.62. The number of alkyl halides is 3. The van der Waals surface area contributed by atoms with Gasteiger partial charge in [-0.25, -0.2) is 0 Å². The second-order valence-corrected chi connectivity index (χ2v) is 4.62. The average molecular weight is 300 g/mol. The normalized spacial score (nSPS) is 13.3. The molecule has 106 valence electrons. The summed E-state index contributed by atoms with van der Waals surface area (Å²) in [6.07, 6.45) is -3.32. The first-order chi connectivity index (χ1) is 9.04. The van der Waals surface area contributed by atoms with Crippen LogP contribution in [-0.2, 0) is 12.6 Å². The van der Waals surface area contributed by atoms with E-state index in [0.29, 0.717) is 0 Å². The van der Waals surface area contributed by atoms with Gasteiger partial charge >= 0.3 is 6.18 Å². The van der Waals surface area contributed by atoms with E-state index in [0.717, 1.165) is 41.9 Å². The molecule has 0 radical (unpaired) electrons. The number of fused-ring (bicyclic) bond motifs is 1. The molecule has 2 aromatic carbocycles. The fraction of sp³-hybridized carbons (Fsp3) is 0.200. The fourth-order valence-corrected chi connectivity index (χ4v) is 2.34. The van der Waals surface area contributed by atoms with Crippen molar-refractivity contribution < 1.29 is 13.2 Å². The number of hydrogen-bond acceptors (Lipinski definition) is 1.